The van der Waals surface area contributed by atoms with Crippen LogP contribution in [0, 0.1) is 0 Å². The van der Waals surface area contributed by atoms with E-state index in [4.69, 9.17) is 8.94 Å². The number of hydrogen-bond donors (Lipinski definition) is 0. The minimum Gasteiger partial charge on any atom is -0.444 e. The van der Waals surface area contributed by atoms with Gasteiger partial charge in [-0.2, -0.15) is 4.98 Å². The molecule has 6 nitrogen and oxygen atoms in total. The van der Waals surface area contributed by atoms with Crippen molar-refractivity contribution in [2.75, 3.05) is 0 Å². The lowest BCUT2D eigenvalue weighted by molar-refractivity contribution is 0.371. The predicted octanol–water partition coefficient (Wildman–Crippen LogP) is 3.86. The fourth-order valence-electron chi connectivity index (χ4n) is 2.12. The van der Waals surface area contributed by atoms with Gasteiger partial charge in [0.25, 0.3) is 0 Å². The third kappa shape index (κ3) is 3.62. The molecule has 2 aromatic heterocycles. The standard InChI is InChI=1S/C17H19N3O3S/c1-11(2)15-19-16(23-20-15)12(3)24(21)10-14-9-22-17(18-14)13-7-5-4-6-8-13/h4-9,11-12H,10H2,1-3H3/t12-,24+/m0/s1. The Morgan fingerprint density at radius 2 is 1.88 bits per heavy atom. The van der Waals surface area contributed by atoms with Gasteiger partial charge in [-0.25, -0.2) is 4.98 Å². The van der Waals surface area contributed by atoms with Crippen LogP contribution < -0.4 is 0 Å². The molecule has 3 aromatic rings. The second kappa shape index (κ2) is 7.09. The average Bonchev–Trinajstić information content (AvgIpc) is 3.24. The van der Waals surface area contributed by atoms with E-state index in [9.17, 15) is 4.21 Å². The van der Waals surface area contributed by atoms with E-state index < -0.39 is 10.8 Å². The normalized spacial score (nSPS) is 14.0. The van der Waals surface area contributed by atoms with Gasteiger partial charge in [0.2, 0.25) is 11.8 Å². The first-order valence-corrected chi connectivity index (χ1v) is 9.13. The molecule has 2 atom stereocenters. The summed E-state index contributed by atoms with van der Waals surface area (Å²) in [5.41, 5.74) is 1.53. The van der Waals surface area contributed by atoms with Crippen LogP contribution in [-0.4, -0.2) is 19.3 Å². The summed E-state index contributed by atoms with van der Waals surface area (Å²) in [5.74, 6) is 1.99. The molecule has 24 heavy (non-hydrogen) atoms. The molecule has 0 unspecified atom stereocenters. The lowest BCUT2D eigenvalue weighted by Gasteiger charge is -2.04. The van der Waals surface area contributed by atoms with Gasteiger partial charge in [-0.3, -0.25) is 4.21 Å². The molecule has 0 radical (unpaired) electrons. The molecule has 3 rings (SSSR count). The lowest BCUT2D eigenvalue weighted by atomic mass is 10.2. The van der Waals surface area contributed by atoms with Crippen LogP contribution in [0.5, 0.6) is 0 Å². The minimum absolute atomic E-state index is 0.173. The quantitative estimate of drug-likeness (QED) is 0.675. The Labute approximate surface area is 142 Å². The van der Waals surface area contributed by atoms with E-state index in [1.165, 1.54) is 0 Å². The Kier molecular flexibility index (Phi) is 4.89. The van der Waals surface area contributed by atoms with Gasteiger partial charge >= 0.3 is 0 Å². The van der Waals surface area contributed by atoms with E-state index in [-0.39, 0.29) is 16.9 Å². The highest BCUT2D eigenvalue weighted by atomic mass is 32.2. The molecule has 0 aliphatic carbocycles. The first-order valence-electron chi connectivity index (χ1n) is 7.75. The van der Waals surface area contributed by atoms with E-state index >= 15 is 0 Å². The lowest BCUT2D eigenvalue weighted by Crippen LogP contribution is -2.06. The summed E-state index contributed by atoms with van der Waals surface area (Å²) in [6.45, 7) is 5.78. The first-order chi connectivity index (χ1) is 11.5. The van der Waals surface area contributed by atoms with Crippen molar-refractivity contribution in [1.82, 2.24) is 15.1 Å². The largest absolute Gasteiger partial charge is 0.444 e. The third-order valence-electron chi connectivity index (χ3n) is 3.58. The predicted molar refractivity (Wildman–Crippen MR) is 90.6 cm³/mol. The molecule has 7 heteroatoms. The van der Waals surface area contributed by atoms with Gasteiger partial charge in [0.05, 0.1) is 11.4 Å². The molecule has 126 valence electrons. The second-order valence-electron chi connectivity index (χ2n) is 5.82. The van der Waals surface area contributed by atoms with Crippen LogP contribution >= 0.6 is 0 Å². The molecule has 0 saturated heterocycles. The van der Waals surface area contributed by atoms with E-state index in [0.717, 1.165) is 5.56 Å². The molecule has 0 bridgehead atoms. The fourth-order valence-corrected chi connectivity index (χ4v) is 3.11. The molecular weight excluding hydrogens is 326 g/mol. The van der Waals surface area contributed by atoms with Crippen molar-refractivity contribution in [3.8, 4) is 11.5 Å². The highest BCUT2D eigenvalue weighted by molar-refractivity contribution is 7.84. The van der Waals surface area contributed by atoms with Crippen LogP contribution in [0.15, 0.2) is 45.5 Å². The van der Waals surface area contributed by atoms with Crippen molar-refractivity contribution in [3.05, 3.63) is 54.0 Å². The third-order valence-corrected chi connectivity index (χ3v) is 5.15. The van der Waals surface area contributed by atoms with Crippen LogP contribution in [-0.2, 0) is 16.6 Å². The van der Waals surface area contributed by atoms with E-state index in [0.29, 0.717) is 23.3 Å². The zero-order chi connectivity index (χ0) is 17.1. The van der Waals surface area contributed by atoms with Gasteiger partial charge in [0, 0.05) is 22.3 Å². The molecule has 1 aromatic carbocycles. The Balaban J connectivity index is 1.69. The van der Waals surface area contributed by atoms with Crippen molar-refractivity contribution < 1.29 is 13.1 Å². The smallest absolute Gasteiger partial charge is 0.242 e. The molecule has 0 saturated carbocycles. The summed E-state index contributed by atoms with van der Waals surface area (Å²) in [7, 11) is -1.23. The van der Waals surface area contributed by atoms with Gasteiger partial charge in [0.1, 0.15) is 11.5 Å². The van der Waals surface area contributed by atoms with Gasteiger partial charge in [-0.15, -0.1) is 0 Å². The average molecular weight is 345 g/mol. The number of oxazole rings is 1. The zero-order valence-corrected chi connectivity index (χ0v) is 14.6. The summed E-state index contributed by atoms with van der Waals surface area (Å²) in [6, 6.07) is 9.60. The van der Waals surface area contributed by atoms with Crippen LogP contribution in [0.25, 0.3) is 11.5 Å². The topological polar surface area (TPSA) is 82.0 Å². The monoisotopic (exact) mass is 345 g/mol. The summed E-state index contributed by atoms with van der Waals surface area (Å²) >= 11 is 0. The molecule has 0 spiro atoms. The summed E-state index contributed by atoms with van der Waals surface area (Å²) in [4.78, 5) is 8.71. The van der Waals surface area contributed by atoms with Gasteiger partial charge in [-0.05, 0) is 19.1 Å². The molecule has 2 heterocycles. The van der Waals surface area contributed by atoms with Gasteiger partial charge in [-0.1, -0.05) is 37.2 Å². The highest BCUT2D eigenvalue weighted by Crippen LogP contribution is 2.24. The van der Waals surface area contributed by atoms with Crippen molar-refractivity contribution >= 4 is 10.8 Å². The zero-order valence-electron chi connectivity index (χ0n) is 13.8. The SMILES string of the molecule is CC(C)c1noc([C@H](C)[S@](=O)Cc2coc(-c3ccccc3)n2)n1. The summed E-state index contributed by atoms with van der Waals surface area (Å²) < 4.78 is 23.2. The Bertz CT molecular complexity index is 826. The maximum absolute atomic E-state index is 12.5. The van der Waals surface area contributed by atoms with E-state index in [1.807, 2.05) is 51.1 Å². The van der Waals surface area contributed by atoms with Crippen molar-refractivity contribution in [2.45, 2.75) is 37.7 Å². The van der Waals surface area contributed by atoms with Crippen molar-refractivity contribution in [3.63, 3.8) is 0 Å². The number of nitrogens with zero attached hydrogens (tertiary/aromatic N) is 3. The summed E-state index contributed by atoms with van der Waals surface area (Å²) in [5, 5.41) is 3.56. The Hall–Kier alpha value is -2.28. The fraction of sp³-hybridized carbons (Fsp3) is 0.353. The van der Waals surface area contributed by atoms with Gasteiger partial charge < -0.3 is 8.94 Å². The van der Waals surface area contributed by atoms with Crippen LogP contribution in [0.1, 0.15) is 49.3 Å². The maximum atomic E-state index is 12.5. The number of benzene rings is 1. The van der Waals surface area contributed by atoms with Crippen LogP contribution in [0.3, 0.4) is 0 Å². The van der Waals surface area contributed by atoms with Crippen LogP contribution in [0.4, 0.5) is 0 Å². The minimum atomic E-state index is -1.23. The molecule has 0 fully saturated rings. The van der Waals surface area contributed by atoms with Crippen LogP contribution in [0.2, 0.25) is 0 Å². The Morgan fingerprint density at radius 1 is 1.12 bits per heavy atom. The van der Waals surface area contributed by atoms with E-state index in [2.05, 4.69) is 15.1 Å². The molecule has 0 aliphatic rings. The molecule has 0 N–H and O–H groups in total. The first kappa shape index (κ1) is 16.6. The number of rotatable bonds is 6. The summed E-state index contributed by atoms with van der Waals surface area (Å²) in [6.07, 6.45) is 1.54. The second-order valence-corrected chi connectivity index (χ2v) is 7.58. The molecule has 0 amide bonds. The van der Waals surface area contributed by atoms with Gasteiger partial charge in [0.15, 0.2) is 5.82 Å². The van der Waals surface area contributed by atoms with E-state index in [1.54, 1.807) is 6.26 Å². The number of hydrogen-bond acceptors (Lipinski definition) is 6. The van der Waals surface area contributed by atoms with Crippen molar-refractivity contribution in [2.24, 2.45) is 0 Å². The molecule has 0 aliphatic heterocycles. The maximum Gasteiger partial charge on any atom is 0.242 e. The highest BCUT2D eigenvalue weighted by Gasteiger charge is 2.22. The van der Waals surface area contributed by atoms with Crippen molar-refractivity contribution in [1.29, 1.82) is 0 Å². The Morgan fingerprint density at radius 3 is 2.54 bits per heavy atom. The molecular formula is C17H19N3O3S. The number of aromatic nitrogens is 3.